The van der Waals surface area contributed by atoms with Crippen LogP contribution in [0, 0.1) is 0 Å². The molecular weight excluding hydrogens is 290 g/mol. The maximum atomic E-state index is 12.4. The Hall–Kier alpha value is -2.49. The van der Waals surface area contributed by atoms with Crippen LogP contribution in [0.1, 0.15) is 31.9 Å². The predicted molar refractivity (Wildman–Crippen MR) is 90.7 cm³/mol. The number of rotatable bonds is 7. The zero-order valence-electron chi connectivity index (χ0n) is 13.8. The van der Waals surface area contributed by atoms with Gasteiger partial charge in [-0.1, -0.05) is 37.3 Å². The molecule has 0 unspecified atom stereocenters. The van der Waals surface area contributed by atoms with E-state index in [1.54, 1.807) is 38.3 Å². The number of hydrogen-bond donors (Lipinski definition) is 1. The molecule has 1 amide bonds. The zero-order valence-corrected chi connectivity index (χ0v) is 13.8. The number of carbonyl (C=O) groups excluding carboxylic acids is 1. The molecule has 4 heteroatoms. The van der Waals surface area contributed by atoms with Gasteiger partial charge in [-0.25, -0.2) is 0 Å². The maximum absolute atomic E-state index is 12.4. The van der Waals surface area contributed by atoms with Crippen molar-refractivity contribution in [3.05, 3.63) is 60.2 Å². The van der Waals surface area contributed by atoms with E-state index in [4.69, 9.17) is 9.47 Å². The summed E-state index contributed by atoms with van der Waals surface area (Å²) in [4.78, 5) is 12.4. The Bertz CT molecular complexity index is 610. The third-order valence-corrected chi connectivity index (χ3v) is 3.67. The Kier molecular flexibility index (Phi) is 6.03. The molecule has 0 saturated heterocycles. The number of ether oxygens (including phenoxy) is 2. The van der Waals surface area contributed by atoms with Gasteiger partial charge >= 0.3 is 0 Å². The van der Waals surface area contributed by atoms with Crippen molar-refractivity contribution in [3.63, 3.8) is 0 Å². The largest absolute Gasteiger partial charge is 0.497 e. The third-order valence-electron chi connectivity index (χ3n) is 3.67. The van der Waals surface area contributed by atoms with Crippen molar-refractivity contribution in [3.8, 4) is 11.5 Å². The lowest BCUT2D eigenvalue weighted by Gasteiger charge is -2.21. The van der Waals surface area contributed by atoms with Crippen LogP contribution in [-0.2, 0) is 4.79 Å². The molecule has 1 N–H and O–H groups in total. The molecule has 0 spiro atoms. The second-order valence-corrected chi connectivity index (χ2v) is 5.32. The first-order valence-corrected chi connectivity index (χ1v) is 7.80. The van der Waals surface area contributed by atoms with Crippen LogP contribution in [0.25, 0.3) is 0 Å². The van der Waals surface area contributed by atoms with Gasteiger partial charge in [0.05, 0.1) is 13.2 Å². The van der Waals surface area contributed by atoms with Crippen LogP contribution in [0.15, 0.2) is 54.6 Å². The molecule has 2 aromatic carbocycles. The van der Waals surface area contributed by atoms with Gasteiger partial charge in [-0.3, -0.25) is 4.79 Å². The van der Waals surface area contributed by atoms with Crippen LogP contribution in [0.5, 0.6) is 11.5 Å². The molecule has 0 radical (unpaired) electrons. The van der Waals surface area contributed by atoms with E-state index < -0.39 is 6.10 Å². The molecule has 0 heterocycles. The van der Waals surface area contributed by atoms with E-state index in [0.29, 0.717) is 5.75 Å². The highest BCUT2D eigenvalue weighted by Gasteiger charge is 2.19. The lowest BCUT2D eigenvalue weighted by atomic mass is 10.0. The first-order chi connectivity index (χ1) is 11.1. The number of nitrogens with one attached hydrogen (secondary N) is 1. The highest BCUT2D eigenvalue weighted by atomic mass is 16.5. The summed E-state index contributed by atoms with van der Waals surface area (Å²) in [5.74, 6) is 1.27. The highest BCUT2D eigenvalue weighted by molar-refractivity contribution is 5.81. The van der Waals surface area contributed by atoms with Gasteiger partial charge in [-0.15, -0.1) is 0 Å². The Morgan fingerprint density at radius 2 is 1.65 bits per heavy atom. The van der Waals surface area contributed by atoms with Crippen LogP contribution in [0.4, 0.5) is 0 Å². The molecule has 0 aromatic heterocycles. The molecule has 0 aliphatic rings. The average Bonchev–Trinajstić information content (AvgIpc) is 2.60. The zero-order chi connectivity index (χ0) is 16.7. The van der Waals surface area contributed by atoms with Crippen LogP contribution in [0.2, 0.25) is 0 Å². The normalized spacial score (nSPS) is 13.0. The van der Waals surface area contributed by atoms with E-state index in [1.807, 2.05) is 37.3 Å². The van der Waals surface area contributed by atoms with Gasteiger partial charge in [0.25, 0.3) is 5.91 Å². The quantitative estimate of drug-likeness (QED) is 0.847. The van der Waals surface area contributed by atoms with Crippen LogP contribution >= 0.6 is 0 Å². The van der Waals surface area contributed by atoms with Gasteiger partial charge in [0.1, 0.15) is 11.5 Å². The number of hydrogen-bond acceptors (Lipinski definition) is 3. The van der Waals surface area contributed by atoms with Crippen LogP contribution < -0.4 is 14.8 Å². The summed E-state index contributed by atoms with van der Waals surface area (Å²) < 4.78 is 10.8. The molecule has 0 bridgehead atoms. The number of amides is 1. The summed E-state index contributed by atoms with van der Waals surface area (Å²) in [5.41, 5.74) is 1.10. The lowest BCUT2D eigenvalue weighted by molar-refractivity contribution is -0.128. The van der Waals surface area contributed by atoms with Gasteiger partial charge in [0, 0.05) is 0 Å². The van der Waals surface area contributed by atoms with Crippen molar-refractivity contribution < 1.29 is 14.3 Å². The lowest BCUT2D eigenvalue weighted by Crippen LogP contribution is -2.38. The van der Waals surface area contributed by atoms with Crippen LogP contribution in [-0.4, -0.2) is 19.1 Å². The van der Waals surface area contributed by atoms with Gasteiger partial charge in [0.15, 0.2) is 6.10 Å². The fourth-order valence-corrected chi connectivity index (χ4v) is 2.31. The number of methoxy groups -OCH3 is 1. The van der Waals surface area contributed by atoms with Crippen molar-refractivity contribution in [1.29, 1.82) is 0 Å². The minimum atomic E-state index is -0.568. The number of benzene rings is 2. The van der Waals surface area contributed by atoms with Crippen molar-refractivity contribution in [1.82, 2.24) is 5.32 Å². The van der Waals surface area contributed by atoms with E-state index in [-0.39, 0.29) is 11.9 Å². The first kappa shape index (κ1) is 16.9. The van der Waals surface area contributed by atoms with Gasteiger partial charge in [-0.2, -0.15) is 0 Å². The summed E-state index contributed by atoms with van der Waals surface area (Å²) in [6.07, 6.45) is 0.256. The first-order valence-electron chi connectivity index (χ1n) is 7.80. The molecule has 4 nitrogen and oxygen atoms in total. The minimum absolute atomic E-state index is 0.00869. The van der Waals surface area contributed by atoms with E-state index in [1.165, 1.54) is 0 Å². The molecule has 2 rings (SSSR count). The molecule has 122 valence electrons. The standard InChI is InChI=1S/C19H23NO3/c1-4-18(15-8-6-5-7-9-15)20-19(21)14(2)23-17-12-10-16(22-3)11-13-17/h5-14,18H,4H2,1-3H3,(H,20,21)/t14-,18+/m1/s1. The monoisotopic (exact) mass is 313 g/mol. The summed E-state index contributed by atoms with van der Waals surface area (Å²) in [7, 11) is 1.61. The Labute approximate surface area is 137 Å². The van der Waals surface area contributed by atoms with E-state index >= 15 is 0 Å². The average molecular weight is 313 g/mol. The SMILES string of the molecule is CC[C@H](NC(=O)[C@@H](C)Oc1ccc(OC)cc1)c1ccccc1. The summed E-state index contributed by atoms with van der Waals surface area (Å²) in [5, 5.41) is 3.04. The smallest absolute Gasteiger partial charge is 0.261 e. The van der Waals surface area contributed by atoms with E-state index in [0.717, 1.165) is 17.7 Å². The molecule has 0 aliphatic carbocycles. The van der Waals surface area contributed by atoms with Crippen LogP contribution in [0.3, 0.4) is 0 Å². The fourth-order valence-electron chi connectivity index (χ4n) is 2.31. The van der Waals surface area contributed by atoms with Gasteiger partial charge in [-0.05, 0) is 43.2 Å². The summed E-state index contributed by atoms with van der Waals surface area (Å²) >= 11 is 0. The second-order valence-electron chi connectivity index (χ2n) is 5.32. The van der Waals surface area contributed by atoms with Crippen molar-refractivity contribution in [2.45, 2.75) is 32.4 Å². The third kappa shape index (κ3) is 4.74. The Balaban J connectivity index is 1.95. The van der Waals surface area contributed by atoms with E-state index in [9.17, 15) is 4.79 Å². The molecule has 0 fully saturated rings. The molecule has 2 aromatic rings. The van der Waals surface area contributed by atoms with Crippen molar-refractivity contribution in [2.24, 2.45) is 0 Å². The molecule has 23 heavy (non-hydrogen) atoms. The highest BCUT2D eigenvalue weighted by Crippen LogP contribution is 2.19. The Morgan fingerprint density at radius 1 is 1.04 bits per heavy atom. The summed E-state index contributed by atoms with van der Waals surface area (Å²) in [6.45, 7) is 3.80. The summed E-state index contributed by atoms with van der Waals surface area (Å²) in [6, 6.07) is 17.1. The van der Waals surface area contributed by atoms with Gasteiger partial charge < -0.3 is 14.8 Å². The second kappa shape index (κ2) is 8.22. The van der Waals surface area contributed by atoms with Crippen molar-refractivity contribution in [2.75, 3.05) is 7.11 Å². The van der Waals surface area contributed by atoms with Crippen molar-refractivity contribution >= 4 is 5.91 Å². The molecule has 0 saturated carbocycles. The Morgan fingerprint density at radius 3 is 2.22 bits per heavy atom. The van der Waals surface area contributed by atoms with E-state index in [2.05, 4.69) is 5.32 Å². The number of carbonyl (C=O) groups is 1. The van der Waals surface area contributed by atoms with Gasteiger partial charge in [0.2, 0.25) is 0 Å². The molecule has 0 aliphatic heterocycles. The predicted octanol–water partition coefficient (Wildman–Crippen LogP) is 3.73. The minimum Gasteiger partial charge on any atom is -0.497 e. The molecule has 2 atom stereocenters. The topological polar surface area (TPSA) is 47.6 Å². The fraction of sp³-hybridized carbons (Fsp3) is 0.316. The maximum Gasteiger partial charge on any atom is 0.261 e. The molecular formula is C19H23NO3.